The molecule has 1 saturated heterocycles. The fourth-order valence-corrected chi connectivity index (χ4v) is 5.24. The second-order valence-corrected chi connectivity index (χ2v) is 11.2. The number of allylic oxidation sites excluding steroid dienone is 1. The van der Waals surface area contributed by atoms with Crippen LogP contribution in [0, 0.1) is 17.8 Å². The average molecular weight is 543 g/mol. The van der Waals surface area contributed by atoms with Crippen molar-refractivity contribution in [1.29, 1.82) is 0 Å². The molecule has 1 heterocycles. The summed E-state index contributed by atoms with van der Waals surface area (Å²) in [5.74, 6) is -2.32. The summed E-state index contributed by atoms with van der Waals surface area (Å²) in [6.45, 7) is 6.25. The molecule has 2 fully saturated rings. The van der Waals surface area contributed by atoms with Gasteiger partial charge in [-0.3, -0.25) is 19.8 Å². The van der Waals surface area contributed by atoms with Crippen molar-refractivity contribution in [2.75, 3.05) is 6.61 Å². The Morgan fingerprint density at radius 2 is 1.72 bits per heavy atom. The van der Waals surface area contributed by atoms with Crippen LogP contribution >= 0.6 is 0 Å². The SMILES string of the molecule is CC(C)C[C@@H](C(=O)NN(C(=O)[C@@H](C)N)C1CCCC1)[C@H](C/C=C/c1ccccc1)C(=O)NOC1CCCCO1. The Bertz CT molecular complexity index is 940. The molecule has 1 aliphatic carbocycles. The van der Waals surface area contributed by atoms with E-state index in [1.165, 1.54) is 5.01 Å². The van der Waals surface area contributed by atoms with E-state index in [4.69, 9.17) is 15.3 Å². The van der Waals surface area contributed by atoms with Gasteiger partial charge in [0.05, 0.1) is 23.9 Å². The first-order valence-corrected chi connectivity index (χ1v) is 14.4. The molecule has 0 spiro atoms. The number of benzene rings is 1. The van der Waals surface area contributed by atoms with Gasteiger partial charge in [0.25, 0.3) is 5.91 Å². The van der Waals surface area contributed by atoms with Crippen molar-refractivity contribution >= 4 is 23.8 Å². The van der Waals surface area contributed by atoms with Crippen LogP contribution in [0.15, 0.2) is 36.4 Å². The number of hydrogen-bond acceptors (Lipinski definition) is 6. The molecule has 39 heavy (non-hydrogen) atoms. The van der Waals surface area contributed by atoms with Gasteiger partial charge in [0.2, 0.25) is 11.8 Å². The highest BCUT2D eigenvalue weighted by Gasteiger charge is 2.37. The number of carbonyl (C=O) groups is 3. The first-order valence-electron chi connectivity index (χ1n) is 14.4. The van der Waals surface area contributed by atoms with E-state index in [2.05, 4.69) is 10.9 Å². The molecule has 1 aromatic carbocycles. The van der Waals surface area contributed by atoms with Gasteiger partial charge in [0.1, 0.15) is 0 Å². The normalized spacial score (nSPS) is 20.5. The molecule has 0 bridgehead atoms. The van der Waals surface area contributed by atoms with Crippen LogP contribution in [-0.2, 0) is 24.0 Å². The molecule has 1 aromatic rings. The molecule has 2 aliphatic rings. The van der Waals surface area contributed by atoms with E-state index in [-0.39, 0.29) is 29.7 Å². The first kappa shape index (κ1) is 30.8. The Kier molecular flexibility index (Phi) is 12.4. The zero-order chi connectivity index (χ0) is 28.2. The summed E-state index contributed by atoms with van der Waals surface area (Å²) >= 11 is 0. The second kappa shape index (κ2) is 15.7. The van der Waals surface area contributed by atoms with Gasteiger partial charge < -0.3 is 10.5 Å². The number of rotatable bonds is 12. The number of amides is 3. The number of nitrogens with one attached hydrogen (secondary N) is 2. The smallest absolute Gasteiger partial charge is 0.257 e. The highest BCUT2D eigenvalue weighted by atomic mass is 16.8. The summed E-state index contributed by atoms with van der Waals surface area (Å²) in [4.78, 5) is 46.0. The van der Waals surface area contributed by atoms with Crippen LogP contribution in [0.5, 0.6) is 0 Å². The second-order valence-electron chi connectivity index (χ2n) is 11.2. The third-order valence-electron chi connectivity index (χ3n) is 7.36. The molecule has 1 saturated carbocycles. The summed E-state index contributed by atoms with van der Waals surface area (Å²) in [5, 5.41) is 1.43. The standard InChI is InChI=1S/C30H46N4O5/c1-21(2)20-26(28(35)32-34(30(37)22(3)31)24-15-7-8-16-24)25(17-11-14-23-12-5-4-6-13-23)29(36)33-39-27-18-9-10-19-38-27/h4-6,11-14,21-22,24-27H,7-10,15-20,31H2,1-3H3,(H,32,35)(H,33,36)/b14-11+/t22-,25+,26-,27?/m1/s1. The Balaban J connectivity index is 1.82. The molecule has 3 amide bonds. The maximum absolute atomic E-state index is 13.8. The molecule has 4 atom stereocenters. The number of hydrogen-bond donors (Lipinski definition) is 3. The quantitative estimate of drug-likeness (QED) is 0.342. The average Bonchev–Trinajstić information content (AvgIpc) is 3.47. The van der Waals surface area contributed by atoms with Crippen LogP contribution in [0.1, 0.15) is 84.1 Å². The molecule has 9 nitrogen and oxygen atoms in total. The van der Waals surface area contributed by atoms with Gasteiger partial charge in [-0.2, -0.15) is 0 Å². The van der Waals surface area contributed by atoms with Crippen molar-refractivity contribution in [3.05, 3.63) is 42.0 Å². The molecular weight excluding hydrogens is 496 g/mol. The van der Waals surface area contributed by atoms with E-state index in [0.29, 0.717) is 25.9 Å². The zero-order valence-electron chi connectivity index (χ0n) is 23.6. The molecule has 0 radical (unpaired) electrons. The van der Waals surface area contributed by atoms with E-state index >= 15 is 0 Å². The molecular formula is C30H46N4O5. The maximum Gasteiger partial charge on any atom is 0.257 e. The minimum Gasteiger partial charge on any atom is -0.350 e. The summed E-state index contributed by atoms with van der Waals surface area (Å²) in [5.41, 5.74) is 12.4. The topological polar surface area (TPSA) is 123 Å². The van der Waals surface area contributed by atoms with E-state index in [0.717, 1.165) is 44.1 Å². The Labute approximate surface area is 232 Å². The number of nitrogens with zero attached hydrogens (tertiary/aromatic N) is 1. The van der Waals surface area contributed by atoms with Crippen LogP contribution < -0.4 is 16.6 Å². The van der Waals surface area contributed by atoms with E-state index < -0.39 is 24.2 Å². The fraction of sp³-hybridized carbons (Fsp3) is 0.633. The number of carbonyl (C=O) groups excluding carboxylic acids is 3. The molecule has 1 aliphatic heterocycles. The minimum absolute atomic E-state index is 0.0933. The number of nitrogens with two attached hydrogens (primary N) is 1. The zero-order valence-corrected chi connectivity index (χ0v) is 23.6. The summed E-state index contributed by atoms with van der Waals surface area (Å²) in [6.07, 6.45) is 10.4. The lowest BCUT2D eigenvalue weighted by Gasteiger charge is -2.34. The van der Waals surface area contributed by atoms with Crippen LogP contribution in [0.3, 0.4) is 0 Å². The van der Waals surface area contributed by atoms with Crippen LogP contribution in [0.4, 0.5) is 0 Å². The van der Waals surface area contributed by atoms with Crippen LogP contribution in [0.2, 0.25) is 0 Å². The lowest BCUT2D eigenvalue weighted by atomic mass is 9.82. The largest absolute Gasteiger partial charge is 0.350 e. The van der Waals surface area contributed by atoms with Crippen molar-refractivity contribution in [3.63, 3.8) is 0 Å². The van der Waals surface area contributed by atoms with Crippen molar-refractivity contribution < 1.29 is 24.0 Å². The van der Waals surface area contributed by atoms with Crippen LogP contribution in [0.25, 0.3) is 6.08 Å². The summed E-state index contributed by atoms with van der Waals surface area (Å²) in [6, 6.07) is 8.96. The van der Waals surface area contributed by atoms with Gasteiger partial charge in [0.15, 0.2) is 6.29 Å². The number of ether oxygens (including phenoxy) is 1. The Morgan fingerprint density at radius 3 is 2.33 bits per heavy atom. The molecule has 216 valence electrons. The van der Waals surface area contributed by atoms with Crippen molar-refractivity contribution in [2.45, 2.75) is 96.9 Å². The first-order chi connectivity index (χ1) is 18.8. The van der Waals surface area contributed by atoms with Gasteiger partial charge in [0, 0.05) is 13.0 Å². The van der Waals surface area contributed by atoms with Crippen LogP contribution in [-0.4, -0.2) is 47.7 Å². The summed E-state index contributed by atoms with van der Waals surface area (Å²) in [7, 11) is 0. The number of hydrazine groups is 1. The molecule has 1 unspecified atom stereocenters. The summed E-state index contributed by atoms with van der Waals surface area (Å²) < 4.78 is 5.59. The number of hydroxylamine groups is 1. The van der Waals surface area contributed by atoms with Crippen molar-refractivity contribution in [3.8, 4) is 0 Å². The van der Waals surface area contributed by atoms with Gasteiger partial charge >= 0.3 is 0 Å². The minimum atomic E-state index is -0.744. The predicted octanol–water partition coefficient (Wildman–Crippen LogP) is 4.09. The van der Waals surface area contributed by atoms with E-state index in [1.54, 1.807) is 6.92 Å². The van der Waals surface area contributed by atoms with E-state index in [1.807, 2.05) is 56.3 Å². The molecule has 9 heteroatoms. The molecule has 0 aromatic heterocycles. The lowest BCUT2D eigenvalue weighted by Crippen LogP contribution is -2.57. The fourth-order valence-electron chi connectivity index (χ4n) is 5.24. The maximum atomic E-state index is 13.8. The van der Waals surface area contributed by atoms with Gasteiger partial charge in [-0.25, -0.2) is 15.3 Å². The molecule has 3 rings (SSSR count). The third kappa shape index (κ3) is 9.74. The highest BCUT2D eigenvalue weighted by Crippen LogP contribution is 2.28. The lowest BCUT2D eigenvalue weighted by molar-refractivity contribution is -0.203. The van der Waals surface area contributed by atoms with Gasteiger partial charge in [-0.1, -0.05) is 69.2 Å². The van der Waals surface area contributed by atoms with Gasteiger partial charge in [-0.05, 0) is 56.9 Å². The highest BCUT2D eigenvalue weighted by molar-refractivity contribution is 5.90. The van der Waals surface area contributed by atoms with E-state index in [9.17, 15) is 14.4 Å². The Hall–Kier alpha value is -2.75. The van der Waals surface area contributed by atoms with Crippen molar-refractivity contribution in [2.24, 2.45) is 23.5 Å². The molecule has 4 N–H and O–H groups in total. The Morgan fingerprint density at radius 1 is 1.03 bits per heavy atom. The van der Waals surface area contributed by atoms with Crippen molar-refractivity contribution in [1.82, 2.24) is 15.9 Å². The monoisotopic (exact) mass is 542 g/mol. The third-order valence-corrected chi connectivity index (χ3v) is 7.36. The van der Waals surface area contributed by atoms with Gasteiger partial charge in [-0.15, -0.1) is 0 Å². The predicted molar refractivity (Wildman–Crippen MR) is 150 cm³/mol.